The van der Waals surface area contributed by atoms with E-state index in [-0.39, 0.29) is 5.91 Å². The Morgan fingerprint density at radius 2 is 1.67 bits per heavy atom. The van der Waals surface area contributed by atoms with Crippen LogP contribution in [0.5, 0.6) is 0 Å². The summed E-state index contributed by atoms with van der Waals surface area (Å²) in [4.78, 5) is 17.3. The quantitative estimate of drug-likeness (QED) is 0.749. The SMILES string of the molecule is CCN(CC)CCN(CC(C)C)C(=O)C1(N)CCCCC1. The minimum absolute atomic E-state index is 0.183. The Labute approximate surface area is 131 Å². The first kappa shape index (κ1) is 18.4. The van der Waals surface area contributed by atoms with Crippen molar-refractivity contribution in [2.24, 2.45) is 11.7 Å². The van der Waals surface area contributed by atoms with E-state index in [0.29, 0.717) is 5.92 Å². The summed E-state index contributed by atoms with van der Waals surface area (Å²) in [6.45, 7) is 13.3. The van der Waals surface area contributed by atoms with Gasteiger partial charge in [0.1, 0.15) is 0 Å². The van der Waals surface area contributed by atoms with E-state index in [1.54, 1.807) is 0 Å². The van der Waals surface area contributed by atoms with Crippen molar-refractivity contribution in [3.05, 3.63) is 0 Å². The van der Waals surface area contributed by atoms with Gasteiger partial charge in [0.15, 0.2) is 0 Å². The van der Waals surface area contributed by atoms with Crippen LogP contribution >= 0.6 is 0 Å². The maximum Gasteiger partial charge on any atom is 0.242 e. The van der Waals surface area contributed by atoms with Crippen LogP contribution in [0.3, 0.4) is 0 Å². The second-order valence-electron chi connectivity index (χ2n) is 6.89. The van der Waals surface area contributed by atoms with Gasteiger partial charge < -0.3 is 15.5 Å². The second-order valence-corrected chi connectivity index (χ2v) is 6.89. The van der Waals surface area contributed by atoms with Crippen molar-refractivity contribution in [3.8, 4) is 0 Å². The standard InChI is InChI=1S/C17H35N3O/c1-5-19(6-2)12-13-20(14-15(3)4)16(21)17(18)10-8-7-9-11-17/h15H,5-14,18H2,1-4H3. The molecule has 124 valence electrons. The summed E-state index contributed by atoms with van der Waals surface area (Å²) in [5, 5.41) is 0. The molecule has 2 N–H and O–H groups in total. The van der Waals surface area contributed by atoms with Gasteiger partial charge in [-0.1, -0.05) is 47.0 Å². The van der Waals surface area contributed by atoms with Crippen LogP contribution < -0.4 is 5.73 Å². The Morgan fingerprint density at radius 3 is 2.14 bits per heavy atom. The number of hydrogen-bond acceptors (Lipinski definition) is 3. The number of rotatable bonds is 8. The lowest BCUT2D eigenvalue weighted by atomic mass is 9.81. The van der Waals surface area contributed by atoms with Crippen molar-refractivity contribution >= 4 is 5.91 Å². The number of hydrogen-bond donors (Lipinski definition) is 1. The van der Waals surface area contributed by atoms with Crippen molar-refractivity contribution in [2.45, 2.75) is 65.3 Å². The molecule has 0 saturated heterocycles. The lowest BCUT2D eigenvalue weighted by Gasteiger charge is -2.38. The first-order valence-corrected chi connectivity index (χ1v) is 8.73. The summed E-state index contributed by atoms with van der Waals surface area (Å²) in [5.74, 6) is 0.667. The zero-order valence-corrected chi connectivity index (χ0v) is 14.5. The predicted octanol–water partition coefficient (Wildman–Crippen LogP) is 2.47. The number of nitrogens with zero attached hydrogens (tertiary/aromatic N) is 2. The molecule has 0 aromatic carbocycles. The molecular weight excluding hydrogens is 262 g/mol. The Morgan fingerprint density at radius 1 is 1.10 bits per heavy atom. The summed E-state index contributed by atoms with van der Waals surface area (Å²) < 4.78 is 0. The molecule has 0 unspecified atom stereocenters. The zero-order chi connectivity index (χ0) is 15.9. The molecule has 1 rings (SSSR count). The second kappa shape index (κ2) is 8.74. The molecule has 1 fully saturated rings. The maximum atomic E-state index is 12.9. The summed E-state index contributed by atoms with van der Waals surface area (Å²) in [6.07, 6.45) is 5.11. The largest absolute Gasteiger partial charge is 0.340 e. The molecule has 21 heavy (non-hydrogen) atoms. The molecule has 0 bridgehead atoms. The van der Waals surface area contributed by atoms with Crippen LogP contribution in [0.2, 0.25) is 0 Å². The fraction of sp³-hybridized carbons (Fsp3) is 0.941. The lowest BCUT2D eigenvalue weighted by Crippen LogP contribution is -2.57. The molecule has 0 aromatic heterocycles. The van der Waals surface area contributed by atoms with Gasteiger partial charge in [-0.15, -0.1) is 0 Å². The normalized spacial score (nSPS) is 18.2. The van der Waals surface area contributed by atoms with Crippen molar-refractivity contribution < 1.29 is 4.79 Å². The Hall–Kier alpha value is -0.610. The number of carbonyl (C=O) groups excluding carboxylic acids is 1. The highest BCUT2D eigenvalue weighted by Gasteiger charge is 2.38. The summed E-state index contributed by atoms with van der Waals surface area (Å²) >= 11 is 0. The van der Waals surface area contributed by atoms with Crippen LogP contribution in [0.4, 0.5) is 0 Å². The van der Waals surface area contributed by atoms with E-state index in [1.165, 1.54) is 6.42 Å². The van der Waals surface area contributed by atoms with Gasteiger partial charge >= 0.3 is 0 Å². The van der Waals surface area contributed by atoms with Gasteiger partial charge in [-0.25, -0.2) is 0 Å². The topological polar surface area (TPSA) is 49.6 Å². The van der Waals surface area contributed by atoms with E-state index in [2.05, 4.69) is 32.6 Å². The zero-order valence-electron chi connectivity index (χ0n) is 14.5. The third kappa shape index (κ3) is 5.59. The van der Waals surface area contributed by atoms with E-state index < -0.39 is 5.54 Å². The molecule has 4 heteroatoms. The van der Waals surface area contributed by atoms with Gasteiger partial charge in [0, 0.05) is 19.6 Å². The van der Waals surface area contributed by atoms with E-state index in [0.717, 1.165) is 58.4 Å². The molecule has 0 aliphatic heterocycles. The highest BCUT2D eigenvalue weighted by molar-refractivity contribution is 5.86. The highest BCUT2D eigenvalue weighted by atomic mass is 16.2. The molecule has 0 heterocycles. The van der Waals surface area contributed by atoms with Gasteiger partial charge in [0.2, 0.25) is 5.91 Å². The Kier molecular flexibility index (Phi) is 7.67. The smallest absolute Gasteiger partial charge is 0.242 e. The molecule has 0 spiro atoms. The third-order valence-electron chi connectivity index (χ3n) is 4.63. The van der Waals surface area contributed by atoms with Crippen LogP contribution in [0.1, 0.15) is 59.8 Å². The molecule has 1 aliphatic rings. The van der Waals surface area contributed by atoms with Gasteiger partial charge in [-0.3, -0.25) is 4.79 Å². The average Bonchev–Trinajstić information content (AvgIpc) is 2.46. The number of amides is 1. The predicted molar refractivity (Wildman–Crippen MR) is 89.2 cm³/mol. The molecule has 0 atom stereocenters. The lowest BCUT2D eigenvalue weighted by molar-refractivity contribution is -0.139. The molecule has 4 nitrogen and oxygen atoms in total. The van der Waals surface area contributed by atoms with Gasteiger partial charge in [-0.05, 0) is 31.8 Å². The van der Waals surface area contributed by atoms with Crippen molar-refractivity contribution in [1.82, 2.24) is 9.80 Å². The van der Waals surface area contributed by atoms with Crippen molar-refractivity contribution in [1.29, 1.82) is 0 Å². The van der Waals surface area contributed by atoms with E-state index in [1.807, 2.05) is 4.90 Å². The molecule has 1 saturated carbocycles. The minimum Gasteiger partial charge on any atom is -0.340 e. The summed E-state index contributed by atoms with van der Waals surface area (Å²) in [6, 6.07) is 0. The van der Waals surface area contributed by atoms with E-state index in [4.69, 9.17) is 5.73 Å². The Balaban J connectivity index is 2.68. The highest BCUT2D eigenvalue weighted by Crippen LogP contribution is 2.28. The number of carbonyl (C=O) groups is 1. The molecule has 1 amide bonds. The third-order valence-corrected chi connectivity index (χ3v) is 4.63. The fourth-order valence-corrected chi connectivity index (χ4v) is 3.23. The fourth-order valence-electron chi connectivity index (χ4n) is 3.23. The minimum atomic E-state index is -0.601. The van der Waals surface area contributed by atoms with Crippen LogP contribution in [0.15, 0.2) is 0 Å². The number of likely N-dealkylation sites (N-methyl/N-ethyl adjacent to an activating group) is 1. The van der Waals surface area contributed by atoms with Crippen molar-refractivity contribution in [2.75, 3.05) is 32.7 Å². The maximum absolute atomic E-state index is 12.9. The van der Waals surface area contributed by atoms with Crippen LogP contribution in [-0.4, -0.2) is 54.0 Å². The number of nitrogens with two attached hydrogens (primary N) is 1. The monoisotopic (exact) mass is 297 g/mol. The van der Waals surface area contributed by atoms with Gasteiger partial charge in [0.05, 0.1) is 5.54 Å². The molecule has 0 radical (unpaired) electrons. The summed E-state index contributed by atoms with van der Waals surface area (Å²) in [5.41, 5.74) is 5.84. The van der Waals surface area contributed by atoms with Crippen LogP contribution in [0, 0.1) is 5.92 Å². The van der Waals surface area contributed by atoms with Crippen molar-refractivity contribution in [3.63, 3.8) is 0 Å². The first-order chi connectivity index (χ1) is 9.92. The van der Waals surface area contributed by atoms with Crippen LogP contribution in [0.25, 0.3) is 0 Å². The molecule has 0 aromatic rings. The molecular formula is C17H35N3O. The van der Waals surface area contributed by atoms with E-state index in [9.17, 15) is 4.79 Å². The molecule has 1 aliphatic carbocycles. The van der Waals surface area contributed by atoms with Crippen LogP contribution in [-0.2, 0) is 4.79 Å². The Bertz CT molecular complexity index is 307. The van der Waals surface area contributed by atoms with E-state index >= 15 is 0 Å². The first-order valence-electron chi connectivity index (χ1n) is 8.73. The summed E-state index contributed by atoms with van der Waals surface area (Å²) in [7, 11) is 0. The average molecular weight is 297 g/mol. The van der Waals surface area contributed by atoms with Gasteiger partial charge in [0.25, 0.3) is 0 Å². The van der Waals surface area contributed by atoms with Gasteiger partial charge in [-0.2, -0.15) is 0 Å².